The molecular weight excluding hydrogens is 411 g/mol. The number of rotatable bonds is 4. The maximum absolute atomic E-state index is 13.4. The average Bonchev–Trinajstić information content (AvgIpc) is 2.72. The molecule has 29 heavy (non-hydrogen) atoms. The molecule has 1 aliphatic carbocycles. The maximum Gasteiger partial charge on any atom is 0.251 e. The first-order valence-electron chi connectivity index (χ1n) is 9.83. The maximum atomic E-state index is 13.4. The highest BCUT2D eigenvalue weighted by atomic mass is 35.5. The van der Waals surface area contributed by atoms with Crippen LogP contribution < -0.4 is 10.2 Å². The van der Waals surface area contributed by atoms with E-state index in [9.17, 15) is 14.0 Å². The third-order valence-corrected chi connectivity index (χ3v) is 6.85. The highest BCUT2D eigenvalue weighted by Crippen LogP contribution is 2.37. The lowest BCUT2D eigenvalue weighted by Crippen LogP contribution is -2.37. The number of hydrogen-bond acceptors (Lipinski definition) is 3. The van der Waals surface area contributed by atoms with Crippen molar-refractivity contribution >= 4 is 40.9 Å². The third kappa shape index (κ3) is 4.59. The Kier molecular flexibility index (Phi) is 6.11. The van der Waals surface area contributed by atoms with Crippen LogP contribution in [0.15, 0.2) is 41.3 Å². The molecule has 1 saturated carbocycles. The molecule has 1 N–H and O–H groups in total. The van der Waals surface area contributed by atoms with Crippen molar-refractivity contribution < 1.29 is 14.0 Å². The van der Waals surface area contributed by atoms with Crippen LogP contribution in [0.3, 0.4) is 0 Å². The van der Waals surface area contributed by atoms with Gasteiger partial charge in [0.05, 0.1) is 18.0 Å². The number of carbonyl (C=O) groups excluding carboxylic acids is 2. The van der Waals surface area contributed by atoms with E-state index < -0.39 is 5.82 Å². The fourth-order valence-electron chi connectivity index (χ4n) is 3.85. The van der Waals surface area contributed by atoms with Gasteiger partial charge < -0.3 is 10.2 Å². The van der Waals surface area contributed by atoms with E-state index in [-0.39, 0.29) is 29.4 Å². The lowest BCUT2D eigenvalue weighted by Gasteiger charge is -2.30. The molecular formula is C22H22ClFN2O2S. The Labute approximate surface area is 178 Å². The number of nitrogens with zero attached hydrogens (tertiary/aromatic N) is 1. The number of nitrogens with one attached hydrogen (secondary N) is 1. The number of benzene rings is 2. The second-order valence-electron chi connectivity index (χ2n) is 7.50. The summed E-state index contributed by atoms with van der Waals surface area (Å²) in [5.74, 6) is -0.268. The number of hydrogen-bond donors (Lipinski definition) is 1. The number of carbonyl (C=O) groups is 2. The van der Waals surface area contributed by atoms with Gasteiger partial charge in [-0.2, -0.15) is 0 Å². The minimum absolute atomic E-state index is 0.0623. The van der Waals surface area contributed by atoms with Crippen LogP contribution in [0.4, 0.5) is 10.1 Å². The molecule has 0 unspecified atom stereocenters. The van der Waals surface area contributed by atoms with Crippen molar-refractivity contribution in [1.29, 1.82) is 0 Å². The monoisotopic (exact) mass is 432 g/mol. The predicted octanol–water partition coefficient (Wildman–Crippen LogP) is 5.18. The van der Waals surface area contributed by atoms with Crippen molar-refractivity contribution in [2.24, 2.45) is 0 Å². The summed E-state index contributed by atoms with van der Waals surface area (Å²) in [5.41, 5.74) is 1.90. The Morgan fingerprint density at radius 2 is 1.97 bits per heavy atom. The summed E-state index contributed by atoms with van der Waals surface area (Å²) >= 11 is 7.62. The molecule has 1 fully saturated rings. The first-order chi connectivity index (χ1) is 14.0. The number of fused-ring (bicyclic) bond motifs is 1. The van der Waals surface area contributed by atoms with Gasteiger partial charge in [0.25, 0.3) is 5.91 Å². The molecule has 4 rings (SSSR count). The normalized spacial score (nSPS) is 17.2. The number of thioether (sulfide) groups is 1. The van der Waals surface area contributed by atoms with Crippen LogP contribution in [-0.2, 0) is 11.3 Å². The molecule has 0 aromatic heterocycles. The van der Waals surface area contributed by atoms with Gasteiger partial charge in [0.2, 0.25) is 5.91 Å². The van der Waals surface area contributed by atoms with E-state index in [2.05, 4.69) is 5.32 Å². The Morgan fingerprint density at radius 3 is 2.72 bits per heavy atom. The van der Waals surface area contributed by atoms with Gasteiger partial charge in [-0.05, 0) is 48.7 Å². The number of halogens is 2. The van der Waals surface area contributed by atoms with Crippen molar-refractivity contribution in [3.05, 3.63) is 58.4 Å². The van der Waals surface area contributed by atoms with Crippen LogP contribution in [0.5, 0.6) is 0 Å². The van der Waals surface area contributed by atoms with E-state index in [4.69, 9.17) is 11.6 Å². The molecule has 0 atom stereocenters. The van der Waals surface area contributed by atoms with Gasteiger partial charge in [-0.25, -0.2) is 4.39 Å². The zero-order valence-electron chi connectivity index (χ0n) is 15.9. The van der Waals surface area contributed by atoms with Gasteiger partial charge in [0.1, 0.15) is 5.82 Å². The molecule has 2 aliphatic rings. The van der Waals surface area contributed by atoms with Gasteiger partial charge in [0, 0.05) is 21.5 Å². The lowest BCUT2D eigenvalue weighted by molar-refractivity contribution is -0.116. The van der Waals surface area contributed by atoms with Gasteiger partial charge >= 0.3 is 0 Å². The SMILES string of the molecule is O=C(NC1CCCCC1)c1ccc2c(c1)N(Cc1ccc(F)cc1Cl)C(=O)CS2. The third-order valence-electron chi connectivity index (χ3n) is 5.45. The molecule has 0 bridgehead atoms. The molecule has 0 radical (unpaired) electrons. The fourth-order valence-corrected chi connectivity index (χ4v) is 5.00. The Morgan fingerprint density at radius 1 is 1.17 bits per heavy atom. The molecule has 0 saturated heterocycles. The van der Waals surface area contributed by atoms with Gasteiger partial charge in [0.15, 0.2) is 0 Å². The van der Waals surface area contributed by atoms with Gasteiger partial charge in [-0.15, -0.1) is 11.8 Å². The van der Waals surface area contributed by atoms with Crippen LogP contribution in [-0.4, -0.2) is 23.6 Å². The lowest BCUT2D eigenvalue weighted by atomic mass is 9.95. The second-order valence-corrected chi connectivity index (χ2v) is 8.92. The molecule has 0 spiro atoms. The van der Waals surface area contributed by atoms with Crippen molar-refractivity contribution in [2.75, 3.05) is 10.7 Å². The van der Waals surface area contributed by atoms with Crippen molar-refractivity contribution in [1.82, 2.24) is 5.32 Å². The predicted molar refractivity (Wildman–Crippen MR) is 114 cm³/mol. The highest BCUT2D eigenvalue weighted by molar-refractivity contribution is 8.00. The molecule has 2 aromatic rings. The Hall–Kier alpha value is -2.05. The summed E-state index contributed by atoms with van der Waals surface area (Å²) in [6, 6.07) is 9.86. The molecule has 2 amide bonds. The summed E-state index contributed by atoms with van der Waals surface area (Å²) in [6.07, 6.45) is 5.55. The largest absolute Gasteiger partial charge is 0.349 e. The molecule has 7 heteroatoms. The van der Waals surface area contributed by atoms with Crippen molar-refractivity contribution in [2.45, 2.75) is 49.6 Å². The minimum Gasteiger partial charge on any atom is -0.349 e. The summed E-state index contributed by atoms with van der Waals surface area (Å²) in [4.78, 5) is 27.9. The Balaban J connectivity index is 1.58. The van der Waals surface area contributed by atoms with Crippen LogP contribution in [0.25, 0.3) is 0 Å². The molecule has 2 aromatic carbocycles. The summed E-state index contributed by atoms with van der Waals surface area (Å²) in [5, 5.41) is 3.40. The van der Waals surface area contributed by atoms with E-state index >= 15 is 0 Å². The quantitative estimate of drug-likeness (QED) is 0.724. The van der Waals surface area contributed by atoms with E-state index in [1.807, 2.05) is 12.1 Å². The first-order valence-corrected chi connectivity index (χ1v) is 11.2. The van der Waals surface area contributed by atoms with Crippen LogP contribution in [0.2, 0.25) is 5.02 Å². The van der Waals surface area contributed by atoms with Crippen LogP contribution >= 0.6 is 23.4 Å². The summed E-state index contributed by atoms with van der Waals surface area (Å²) < 4.78 is 13.4. The molecule has 1 heterocycles. The molecule has 4 nitrogen and oxygen atoms in total. The fraction of sp³-hybridized carbons (Fsp3) is 0.364. The van der Waals surface area contributed by atoms with E-state index in [0.717, 1.165) is 30.6 Å². The zero-order chi connectivity index (χ0) is 20.4. The standard InChI is InChI=1S/C22H22ClFN2O2S/c23-18-11-16(24)8-6-15(18)12-26-19-10-14(7-9-20(19)29-13-21(26)27)22(28)25-17-4-2-1-3-5-17/h6-11,17H,1-5,12-13H2,(H,25,28). The zero-order valence-corrected chi connectivity index (χ0v) is 17.5. The smallest absolute Gasteiger partial charge is 0.251 e. The topological polar surface area (TPSA) is 49.4 Å². The Bertz CT molecular complexity index is 946. The van der Waals surface area contributed by atoms with Gasteiger partial charge in [-0.1, -0.05) is 36.9 Å². The van der Waals surface area contributed by atoms with E-state index in [1.54, 1.807) is 17.0 Å². The second kappa shape index (κ2) is 8.76. The minimum atomic E-state index is -0.415. The van der Waals surface area contributed by atoms with Crippen molar-refractivity contribution in [3.63, 3.8) is 0 Å². The highest BCUT2D eigenvalue weighted by Gasteiger charge is 2.27. The van der Waals surface area contributed by atoms with Crippen LogP contribution in [0.1, 0.15) is 48.0 Å². The number of anilines is 1. The average molecular weight is 433 g/mol. The van der Waals surface area contributed by atoms with Gasteiger partial charge in [-0.3, -0.25) is 9.59 Å². The summed E-state index contributed by atoms with van der Waals surface area (Å²) in [7, 11) is 0. The van der Waals surface area contributed by atoms with Crippen LogP contribution in [0, 0.1) is 5.82 Å². The summed E-state index contributed by atoms with van der Waals surface area (Å²) in [6.45, 7) is 0.235. The van der Waals surface area contributed by atoms with Crippen molar-refractivity contribution in [3.8, 4) is 0 Å². The van der Waals surface area contributed by atoms with E-state index in [0.29, 0.717) is 22.6 Å². The van der Waals surface area contributed by atoms with E-state index in [1.165, 1.54) is 30.3 Å². The first kappa shape index (κ1) is 20.2. The molecule has 1 aliphatic heterocycles. The molecule has 152 valence electrons. The number of amides is 2.